The average molecular weight is 303 g/mol. The molecule has 108 valence electrons. The number of halogens is 1. The summed E-state index contributed by atoms with van der Waals surface area (Å²) in [4.78, 5) is 12.4. The molecule has 0 amide bonds. The van der Waals surface area contributed by atoms with Crippen LogP contribution in [0.1, 0.15) is 27.4 Å². The van der Waals surface area contributed by atoms with Gasteiger partial charge in [0.15, 0.2) is 5.76 Å². The van der Waals surface area contributed by atoms with Crippen LogP contribution in [0.25, 0.3) is 11.0 Å². The fourth-order valence-electron chi connectivity index (χ4n) is 2.42. The molecule has 0 atom stereocenters. The predicted molar refractivity (Wildman–Crippen MR) is 81.9 cm³/mol. The van der Waals surface area contributed by atoms with E-state index in [0.717, 1.165) is 27.8 Å². The Bertz CT molecular complexity index is 845. The van der Waals surface area contributed by atoms with Crippen molar-refractivity contribution in [2.24, 2.45) is 7.05 Å². The third-order valence-corrected chi connectivity index (χ3v) is 4.03. The van der Waals surface area contributed by atoms with Crippen molar-refractivity contribution in [3.05, 3.63) is 52.0 Å². The van der Waals surface area contributed by atoms with E-state index >= 15 is 0 Å². The summed E-state index contributed by atoms with van der Waals surface area (Å²) in [5.74, 6) is 0.261. The first-order valence-corrected chi connectivity index (χ1v) is 7.05. The number of aryl methyl sites for hydroxylation is 3. The fraction of sp³-hybridized carbons (Fsp3) is 0.250. The number of carbonyl (C=O) groups excluding carboxylic acids is 1. The van der Waals surface area contributed by atoms with Gasteiger partial charge in [-0.05, 0) is 32.0 Å². The van der Waals surface area contributed by atoms with Gasteiger partial charge in [-0.2, -0.15) is 5.10 Å². The van der Waals surface area contributed by atoms with Crippen molar-refractivity contribution in [2.45, 2.75) is 20.3 Å². The van der Waals surface area contributed by atoms with Crippen LogP contribution in [0.15, 0.2) is 28.7 Å². The summed E-state index contributed by atoms with van der Waals surface area (Å²) in [5, 5.41) is 5.64. The minimum atomic E-state index is -0.0955. The minimum Gasteiger partial charge on any atom is -0.453 e. The van der Waals surface area contributed by atoms with Crippen LogP contribution in [0.4, 0.5) is 0 Å². The SMILES string of the molecule is Cc1ccc2oc(C(=O)Cc3c(C)nn(C)c3Cl)cc2c1. The quantitative estimate of drug-likeness (QED) is 0.690. The molecule has 5 heteroatoms. The van der Waals surface area contributed by atoms with Crippen molar-refractivity contribution < 1.29 is 9.21 Å². The van der Waals surface area contributed by atoms with E-state index in [1.807, 2.05) is 32.0 Å². The molecule has 3 rings (SSSR count). The number of furan rings is 1. The molecule has 1 aromatic carbocycles. The standard InChI is InChI=1S/C16H15ClN2O2/c1-9-4-5-14-11(6-9)7-15(21-14)13(20)8-12-10(2)18-19(3)16(12)17/h4-7H,8H2,1-3H3. The number of hydrogen-bond acceptors (Lipinski definition) is 3. The maximum absolute atomic E-state index is 12.4. The molecule has 21 heavy (non-hydrogen) atoms. The van der Waals surface area contributed by atoms with Crippen LogP contribution in [0.2, 0.25) is 5.15 Å². The molecule has 0 bridgehead atoms. The first-order valence-electron chi connectivity index (χ1n) is 6.67. The summed E-state index contributed by atoms with van der Waals surface area (Å²) >= 11 is 6.16. The summed E-state index contributed by atoms with van der Waals surface area (Å²) in [6.45, 7) is 3.85. The minimum absolute atomic E-state index is 0.0955. The normalized spacial score (nSPS) is 11.2. The molecule has 0 aliphatic heterocycles. The number of nitrogens with zero attached hydrogens (tertiary/aromatic N) is 2. The van der Waals surface area contributed by atoms with E-state index in [0.29, 0.717) is 10.9 Å². The van der Waals surface area contributed by atoms with Gasteiger partial charge in [-0.15, -0.1) is 0 Å². The molecule has 3 aromatic rings. The van der Waals surface area contributed by atoms with Crippen LogP contribution >= 0.6 is 11.6 Å². The van der Waals surface area contributed by atoms with Crippen LogP contribution in [0.5, 0.6) is 0 Å². The van der Waals surface area contributed by atoms with Crippen molar-refractivity contribution in [3.8, 4) is 0 Å². The first kappa shape index (κ1) is 13.9. The Morgan fingerprint density at radius 3 is 2.76 bits per heavy atom. The molecule has 0 N–H and O–H groups in total. The average Bonchev–Trinajstić information content (AvgIpc) is 2.95. The highest BCUT2D eigenvalue weighted by Gasteiger charge is 2.19. The number of carbonyl (C=O) groups is 1. The molecule has 0 unspecified atom stereocenters. The zero-order valence-corrected chi connectivity index (χ0v) is 12.9. The van der Waals surface area contributed by atoms with Gasteiger partial charge in [-0.25, -0.2) is 0 Å². The van der Waals surface area contributed by atoms with Gasteiger partial charge < -0.3 is 4.42 Å². The maximum atomic E-state index is 12.4. The van der Waals surface area contributed by atoms with E-state index in [-0.39, 0.29) is 12.2 Å². The summed E-state index contributed by atoms with van der Waals surface area (Å²) in [7, 11) is 1.76. The zero-order chi connectivity index (χ0) is 15.1. The Balaban J connectivity index is 1.93. The molecule has 0 fully saturated rings. The largest absolute Gasteiger partial charge is 0.453 e. The van der Waals surface area contributed by atoms with Crippen molar-refractivity contribution in [3.63, 3.8) is 0 Å². The molecule has 4 nitrogen and oxygen atoms in total. The highest BCUT2D eigenvalue weighted by molar-refractivity contribution is 6.30. The number of benzene rings is 1. The number of hydrogen-bond donors (Lipinski definition) is 0. The van der Waals surface area contributed by atoms with Gasteiger partial charge in [0.2, 0.25) is 5.78 Å². The van der Waals surface area contributed by atoms with E-state index in [2.05, 4.69) is 5.10 Å². The lowest BCUT2D eigenvalue weighted by Gasteiger charge is -1.98. The highest BCUT2D eigenvalue weighted by atomic mass is 35.5. The van der Waals surface area contributed by atoms with Crippen molar-refractivity contribution in [1.82, 2.24) is 9.78 Å². The smallest absolute Gasteiger partial charge is 0.202 e. The number of Topliss-reactive ketones (excluding diaryl/α,β-unsaturated/α-hetero) is 1. The molecule has 2 aromatic heterocycles. The lowest BCUT2D eigenvalue weighted by atomic mass is 10.1. The van der Waals surface area contributed by atoms with Crippen LogP contribution in [-0.2, 0) is 13.5 Å². The Morgan fingerprint density at radius 1 is 1.33 bits per heavy atom. The third kappa shape index (κ3) is 2.47. The van der Waals surface area contributed by atoms with Gasteiger partial charge in [0.05, 0.1) is 5.69 Å². The maximum Gasteiger partial charge on any atom is 0.202 e. The molecule has 0 aliphatic rings. The zero-order valence-electron chi connectivity index (χ0n) is 12.1. The molecule has 0 radical (unpaired) electrons. The fourth-order valence-corrected chi connectivity index (χ4v) is 2.66. The molecule has 0 saturated carbocycles. The van der Waals surface area contributed by atoms with Crippen molar-refractivity contribution >= 4 is 28.4 Å². The second-order valence-corrected chi connectivity index (χ2v) is 5.59. The number of rotatable bonds is 3. The Morgan fingerprint density at radius 2 is 2.10 bits per heavy atom. The van der Waals surface area contributed by atoms with E-state index < -0.39 is 0 Å². The number of fused-ring (bicyclic) bond motifs is 1. The number of ketones is 1. The topological polar surface area (TPSA) is 48.0 Å². The van der Waals surface area contributed by atoms with E-state index in [1.165, 1.54) is 0 Å². The monoisotopic (exact) mass is 302 g/mol. The van der Waals surface area contributed by atoms with Crippen LogP contribution in [0.3, 0.4) is 0 Å². The van der Waals surface area contributed by atoms with E-state index in [4.69, 9.17) is 16.0 Å². The first-order chi connectivity index (χ1) is 9.95. The lowest BCUT2D eigenvalue weighted by Crippen LogP contribution is -2.03. The van der Waals surface area contributed by atoms with Gasteiger partial charge in [0.1, 0.15) is 10.7 Å². The molecular weight excluding hydrogens is 288 g/mol. The summed E-state index contributed by atoms with van der Waals surface area (Å²) < 4.78 is 7.19. The second-order valence-electron chi connectivity index (χ2n) is 5.23. The van der Waals surface area contributed by atoms with E-state index in [1.54, 1.807) is 17.8 Å². The number of aromatic nitrogens is 2. The molecular formula is C16H15ClN2O2. The highest BCUT2D eigenvalue weighted by Crippen LogP contribution is 2.24. The third-order valence-electron chi connectivity index (χ3n) is 3.55. The van der Waals surface area contributed by atoms with E-state index in [9.17, 15) is 4.79 Å². The summed E-state index contributed by atoms with van der Waals surface area (Å²) in [6.07, 6.45) is 0.192. The van der Waals surface area contributed by atoms with Gasteiger partial charge in [-0.1, -0.05) is 23.2 Å². The van der Waals surface area contributed by atoms with Gasteiger partial charge in [-0.3, -0.25) is 9.48 Å². The molecule has 0 saturated heterocycles. The molecule has 0 spiro atoms. The van der Waals surface area contributed by atoms with Gasteiger partial charge in [0.25, 0.3) is 0 Å². The van der Waals surface area contributed by atoms with Crippen LogP contribution in [-0.4, -0.2) is 15.6 Å². The lowest BCUT2D eigenvalue weighted by molar-refractivity contribution is 0.0968. The Kier molecular flexibility index (Phi) is 3.33. The second kappa shape index (κ2) is 5.04. The van der Waals surface area contributed by atoms with Crippen LogP contribution < -0.4 is 0 Å². The predicted octanol–water partition coefficient (Wildman–Crippen LogP) is 3.86. The van der Waals surface area contributed by atoms with Crippen molar-refractivity contribution in [1.29, 1.82) is 0 Å². The molecule has 2 heterocycles. The van der Waals surface area contributed by atoms with Gasteiger partial charge >= 0.3 is 0 Å². The van der Waals surface area contributed by atoms with Crippen LogP contribution in [0, 0.1) is 13.8 Å². The molecule has 0 aliphatic carbocycles. The van der Waals surface area contributed by atoms with Gasteiger partial charge in [0, 0.05) is 24.4 Å². The summed E-state index contributed by atoms with van der Waals surface area (Å²) in [5.41, 5.74) is 3.37. The Labute approximate surface area is 127 Å². The Hall–Kier alpha value is -2.07. The summed E-state index contributed by atoms with van der Waals surface area (Å²) in [6, 6.07) is 7.62. The van der Waals surface area contributed by atoms with Crippen molar-refractivity contribution in [2.75, 3.05) is 0 Å².